The van der Waals surface area contributed by atoms with Crippen molar-refractivity contribution < 1.29 is 22.7 Å². The Hall–Kier alpha value is -0.390. The number of carbonyl (C=O) groups excluding carboxylic acids is 1. The Morgan fingerprint density at radius 2 is 2.07 bits per heavy atom. The third kappa shape index (κ3) is 7.06. The van der Waals surface area contributed by atoms with Crippen LogP contribution in [-0.2, 0) is 9.53 Å². The third-order valence-electron chi connectivity index (χ3n) is 1.50. The smallest absolute Gasteiger partial charge is 0.389 e. The van der Waals surface area contributed by atoms with Crippen molar-refractivity contribution in [1.82, 2.24) is 0 Å². The number of halogens is 3. The number of rotatable bonds is 5. The van der Waals surface area contributed by atoms with E-state index in [1.54, 1.807) is 6.92 Å². The molecule has 0 radical (unpaired) electrons. The number of ether oxygens (including phenoxy) is 1. The van der Waals surface area contributed by atoms with Crippen LogP contribution in [0.25, 0.3) is 0 Å². The monoisotopic (exact) mass is 230 g/mol. The number of hydrogen-bond acceptors (Lipinski definition) is 3. The Labute approximate surface area is 85.2 Å². The van der Waals surface area contributed by atoms with Gasteiger partial charge in [0, 0.05) is 11.5 Å². The first kappa shape index (κ1) is 13.6. The number of methoxy groups -OCH3 is 1. The third-order valence-corrected chi connectivity index (χ3v) is 2.73. The average molecular weight is 230 g/mol. The molecule has 84 valence electrons. The van der Waals surface area contributed by atoms with Gasteiger partial charge in [-0.25, -0.2) is 0 Å². The maximum Gasteiger partial charge on any atom is 0.389 e. The average Bonchev–Trinajstić information content (AvgIpc) is 2.09. The Morgan fingerprint density at radius 1 is 1.50 bits per heavy atom. The van der Waals surface area contributed by atoms with Gasteiger partial charge in [0.25, 0.3) is 0 Å². The number of thioether (sulfide) groups is 1. The van der Waals surface area contributed by atoms with Crippen molar-refractivity contribution in [2.45, 2.75) is 19.5 Å². The molecule has 0 heterocycles. The van der Waals surface area contributed by atoms with E-state index in [-0.39, 0.29) is 17.6 Å². The summed E-state index contributed by atoms with van der Waals surface area (Å²) in [5.74, 6) is -0.379. The summed E-state index contributed by atoms with van der Waals surface area (Å²) in [4.78, 5) is 10.8. The molecule has 0 saturated heterocycles. The van der Waals surface area contributed by atoms with E-state index in [9.17, 15) is 18.0 Å². The zero-order valence-electron chi connectivity index (χ0n) is 8.06. The van der Waals surface area contributed by atoms with Gasteiger partial charge in [-0.3, -0.25) is 4.79 Å². The van der Waals surface area contributed by atoms with Gasteiger partial charge in [0.05, 0.1) is 19.4 Å². The SMILES string of the molecule is COC(=O)C(C)CSCCC(F)(F)F. The second kappa shape index (κ2) is 6.16. The first-order valence-corrected chi connectivity index (χ1v) is 5.24. The van der Waals surface area contributed by atoms with Gasteiger partial charge in [0.15, 0.2) is 0 Å². The Morgan fingerprint density at radius 3 is 2.50 bits per heavy atom. The summed E-state index contributed by atoms with van der Waals surface area (Å²) in [6.45, 7) is 1.63. The Bertz CT molecular complexity index is 182. The fourth-order valence-electron chi connectivity index (χ4n) is 0.717. The summed E-state index contributed by atoms with van der Waals surface area (Å²) in [6.07, 6.45) is -4.92. The molecule has 1 atom stereocenters. The fourth-order valence-corrected chi connectivity index (χ4v) is 1.75. The van der Waals surface area contributed by atoms with Crippen molar-refractivity contribution in [1.29, 1.82) is 0 Å². The lowest BCUT2D eigenvalue weighted by atomic mass is 10.2. The minimum atomic E-state index is -4.11. The van der Waals surface area contributed by atoms with Crippen LogP contribution in [0, 0.1) is 5.92 Å². The molecule has 0 aliphatic rings. The van der Waals surface area contributed by atoms with Crippen LogP contribution in [0.15, 0.2) is 0 Å². The number of hydrogen-bond donors (Lipinski definition) is 0. The maximum absolute atomic E-state index is 11.7. The van der Waals surface area contributed by atoms with Gasteiger partial charge in [-0.15, -0.1) is 0 Å². The lowest BCUT2D eigenvalue weighted by molar-refractivity contribution is -0.144. The first-order valence-electron chi connectivity index (χ1n) is 4.09. The molecule has 0 aliphatic carbocycles. The highest BCUT2D eigenvalue weighted by molar-refractivity contribution is 7.99. The molecular weight excluding hydrogens is 217 g/mol. The molecule has 0 N–H and O–H groups in total. The highest BCUT2D eigenvalue weighted by Gasteiger charge is 2.26. The molecule has 1 unspecified atom stereocenters. The van der Waals surface area contributed by atoms with Crippen LogP contribution in [0.3, 0.4) is 0 Å². The van der Waals surface area contributed by atoms with Gasteiger partial charge in [0.2, 0.25) is 0 Å². The lowest BCUT2D eigenvalue weighted by Gasteiger charge is -2.09. The van der Waals surface area contributed by atoms with Gasteiger partial charge in [-0.2, -0.15) is 24.9 Å². The molecule has 0 aromatic heterocycles. The molecule has 0 aromatic rings. The quantitative estimate of drug-likeness (QED) is 0.536. The van der Waals surface area contributed by atoms with E-state index in [2.05, 4.69) is 4.74 Å². The molecule has 0 aliphatic heterocycles. The van der Waals surface area contributed by atoms with Crippen LogP contribution >= 0.6 is 11.8 Å². The highest BCUT2D eigenvalue weighted by Crippen LogP contribution is 2.22. The van der Waals surface area contributed by atoms with Crippen molar-refractivity contribution in [3.63, 3.8) is 0 Å². The zero-order chi connectivity index (χ0) is 11.2. The molecule has 0 bridgehead atoms. The van der Waals surface area contributed by atoms with E-state index in [0.29, 0.717) is 5.75 Å². The minimum Gasteiger partial charge on any atom is -0.469 e. The van der Waals surface area contributed by atoms with Crippen LogP contribution in [0.4, 0.5) is 13.2 Å². The van der Waals surface area contributed by atoms with Crippen molar-refractivity contribution in [2.75, 3.05) is 18.6 Å². The summed E-state index contributed by atoms with van der Waals surface area (Å²) in [5, 5.41) is 0. The van der Waals surface area contributed by atoms with Crippen molar-refractivity contribution >= 4 is 17.7 Å². The van der Waals surface area contributed by atoms with Crippen LogP contribution in [0.1, 0.15) is 13.3 Å². The van der Waals surface area contributed by atoms with Crippen molar-refractivity contribution in [3.05, 3.63) is 0 Å². The molecule has 0 spiro atoms. The van der Waals surface area contributed by atoms with Gasteiger partial charge < -0.3 is 4.74 Å². The summed E-state index contributed by atoms with van der Waals surface area (Å²) in [7, 11) is 1.26. The van der Waals surface area contributed by atoms with Crippen molar-refractivity contribution in [3.8, 4) is 0 Å². The zero-order valence-corrected chi connectivity index (χ0v) is 8.87. The van der Waals surface area contributed by atoms with Gasteiger partial charge in [0.1, 0.15) is 0 Å². The summed E-state index contributed by atoms with van der Waals surface area (Å²) in [6, 6.07) is 0. The summed E-state index contributed by atoms with van der Waals surface area (Å²) >= 11 is 1.11. The van der Waals surface area contributed by atoms with Crippen LogP contribution in [-0.4, -0.2) is 30.8 Å². The molecule has 0 amide bonds. The van der Waals surface area contributed by atoms with E-state index in [0.717, 1.165) is 11.8 Å². The topological polar surface area (TPSA) is 26.3 Å². The second-order valence-electron chi connectivity index (χ2n) is 2.86. The number of carbonyl (C=O) groups is 1. The predicted molar refractivity (Wildman–Crippen MR) is 49.2 cm³/mol. The summed E-state index contributed by atoms with van der Waals surface area (Å²) in [5.41, 5.74) is 0. The molecule has 0 fully saturated rings. The Balaban J connectivity index is 3.50. The van der Waals surface area contributed by atoms with Gasteiger partial charge in [-0.1, -0.05) is 6.92 Å². The maximum atomic E-state index is 11.7. The van der Waals surface area contributed by atoms with E-state index < -0.39 is 12.6 Å². The molecule has 6 heteroatoms. The van der Waals surface area contributed by atoms with Gasteiger partial charge >= 0.3 is 12.1 Å². The van der Waals surface area contributed by atoms with E-state index in [1.807, 2.05) is 0 Å². The molecule has 2 nitrogen and oxygen atoms in total. The lowest BCUT2D eigenvalue weighted by Crippen LogP contribution is -2.16. The first-order chi connectivity index (χ1) is 6.37. The van der Waals surface area contributed by atoms with Crippen molar-refractivity contribution in [2.24, 2.45) is 5.92 Å². The van der Waals surface area contributed by atoms with Crippen LogP contribution < -0.4 is 0 Å². The van der Waals surface area contributed by atoms with Crippen LogP contribution in [0.2, 0.25) is 0 Å². The normalized spacial score (nSPS) is 13.8. The molecule has 0 saturated carbocycles. The largest absolute Gasteiger partial charge is 0.469 e. The molecule has 0 aromatic carbocycles. The predicted octanol–water partition coefficient (Wildman–Crippen LogP) is 2.48. The van der Waals surface area contributed by atoms with E-state index in [4.69, 9.17) is 0 Å². The molecular formula is C8H13F3O2S. The number of esters is 1. The number of alkyl halides is 3. The van der Waals surface area contributed by atoms with E-state index in [1.165, 1.54) is 7.11 Å². The fraction of sp³-hybridized carbons (Fsp3) is 0.875. The molecule has 14 heavy (non-hydrogen) atoms. The second-order valence-corrected chi connectivity index (χ2v) is 4.01. The van der Waals surface area contributed by atoms with E-state index >= 15 is 0 Å². The standard InChI is InChI=1S/C8H13F3O2S/c1-6(7(12)13-2)5-14-4-3-8(9,10)11/h6H,3-5H2,1-2H3. The van der Waals surface area contributed by atoms with Gasteiger partial charge in [-0.05, 0) is 0 Å². The van der Waals surface area contributed by atoms with Crippen LogP contribution in [0.5, 0.6) is 0 Å². The molecule has 0 rings (SSSR count). The minimum absolute atomic E-state index is 0.00909. The Kier molecular flexibility index (Phi) is 5.99. The highest BCUT2D eigenvalue weighted by atomic mass is 32.2. The summed E-state index contributed by atoms with van der Waals surface area (Å²) < 4.78 is 39.5.